The highest BCUT2D eigenvalue weighted by atomic mass is 16.6. The lowest BCUT2D eigenvalue weighted by Crippen LogP contribution is -2.23. The second-order valence-electron chi connectivity index (χ2n) is 10.3. The highest BCUT2D eigenvalue weighted by molar-refractivity contribution is 5.84. The van der Waals surface area contributed by atoms with E-state index in [-0.39, 0.29) is 37.9 Å². The molecule has 0 saturated heterocycles. The van der Waals surface area contributed by atoms with Crippen LogP contribution in [0.25, 0.3) is 10.8 Å². The van der Waals surface area contributed by atoms with Gasteiger partial charge in [0.1, 0.15) is 0 Å². The average molecular weight is 533 g/mol. The van der Waals surface area contributed by atoms with Crippen molar-refractivity contribution >= 4 is 10.8 Å². The van der Waals surface area contributed by atoms with Gasteiger partial charge in [-0.3, -0.25) is 0 Å². The summed E-state index contributed by atoms with van der Waals surface area (Å²) in [4.78, 5) is 0. The van der Waals surface area contributed by atoms with E-state index in [1.54, 1.807) is 0 Å². The summed E-state index contributed by atoms with van der Waals surface area (Å²) in [5, 5.41) is 30.8. The van der Waals surface area contributed by atoms with Crippen LogP contribution in [0.15, 0.2) is 85.0 Å². The molecule has 2 atom stereocenters. The number of aliphatic hydroxyl groups is 3. The van der Waals surface area contributed by atoms with E-state index in [0.29, 0.717) is 12.2 Å². The van der Waals surface area contributed by atoms with Gasteiger partial charge >= 0.3 is 0 Å². The third-order valence-electron chi connectivity index (χ3n) is 7.05. The summed E-state index contributed by atoms with van der Waals surface area (Å²) in [7, 11) is 0. The first-order valence-electron chi connectivity index (χ1n) is 14.0. The third-order valence-corrected chi connectivity index (χ3v) is 7.05. The number of fused-ring (bicyclic) bond motifs is 1. The number of aliphatic hydroxyl groups excluding tert-OH is 3. The van der Waals surface area contributed by atoms with Crippen molar-refractivity contribution in [2.24, 2.45) is 0 Å². The third kappa shape index (κ3) is 10.0. The van der Waals surface area contributed by atoms with Crippen molar-refractivity contribution in [3.63, 3.8) is 0 Å². The van der Waals surface area contributed by atoms with Crippen molar-refractivity contribution < 1.29 is 24.8 Å². The molecule has 3 aromatic rings. The maximum atomic E-state index is 10.1. The van der Waals surface area contributed by atoms with Gasteiger partial charge in [0.2, 0.25) is 0 Å². The molecule has 0 aliphatic heterocycles. The molecule has 0 bridgehead atoms. The Bertz CT molecular complexity index is 1180. The minimum absolute atomic E-state index is 0.126. The summed E-state index contributed by atoms with van der Waals surface area (Å²) in [6.07, 6.45) is 5.72. The van der Waals surface area contributed by atoms with Crippen molar-refractivity contribution in [3.05, 3.63) is 107 Å². The standard InChI is InChI=1S/C34H44O5/c1-4-5-6-7-27-8-10-28(11-9-27)12-13-29-14-15-31-19-32(17-16-30(31)18-29)33(23-38-22-25(2)20-35)24-39-34(37)26(3)21-36/h8-11,14-19,33-37H,2-7,12-13,20-24H2,1H3. The number of hydrogen-bond donors (Lipinski definition) is 3. The predicted octanol–water partition coefficient (Wildman–Crippen LogP) is 5.89. The molecular weight excluding hydrogens is 488 g/mol. The summed E-state index contributed by atoms with van der Waals surface area (Å²) in [6, 6.07) is 22.0. The molecule has 0 radical (unpaired) electrons. The van der Waals surface area contributed by atoms with Crippen molar-refractivity contribution in [1.29, 1.82) is 0 Å². The Morgan fingerprint density at radius 1 is 0.769 bits per heavy atom. The van der Waals surface area contributed by atoms with Crippen molar-refractivity contribution in [3.8, 4) is 0 Å². The summed E-state index contributed by atoms with van der Waals surface area (Å²) >= 11 is 0. The van der Waals surface area contributed by atoms with Crippen LogP contribution in [0.1, 0.15) is 54.4 Å². The largest absolute Gasteiger partial charge is 0.392 e. The summed E-state index contributed by atoms with van der Waals surface area (Å²) in [5.74, 6) is -0.161. The van der Waals surface area contributed by atoms with Crippen LogP contribution < -0.4 is 0 Å². The van der Waals surface area contributed by atoms with Crippen LogP contribution >= 0.6 is 0 Å². The monoisotopic (exact) mass is 532 g/mol. The van der Waals surface area contributed by atoms with E-state index in [2.05, 4.69) is 80.7 Å². The normalized spacial score (nSPS) is 12.9. The van der Waals surface area contributed by atoms with Crippen LogP contribution in [0, 0.1) is 0 Å². The Kier molecular flexibility index (Phi) is 12.9. The second kappa shape index (κ2) is 16.3. The molecule has 0 aliphatic rings. The SMILES string of the molecule is C=C(CO)COCC(COC(O)C(=C)CO)c1ccc2cc(CCc3ccc(CCCCC)cc3)ccc2c1. The van der Waals surface area contributed by atoms with Crippen LogP contribution in [-0.2, 0) is 28.7 Å². The van der Waals surface area contributed by atoms with Gasteiger partial charge in [-0.1, -0.05) is 93.6 Å². The number of unbranched alkanes of at least 4 members (excludes halogenated alkanes) is 2. The van der Waals surface area contributed by atoms with Gasteiger partial charge in [-0.2, -0.15) is 0 Å². The molecule has 39 heavy (non-hydrogen) atoms. The first kappa shape index (κ1) is 30.7. The van der Waals surface area contributed by atoms with Gasteiger partial charge in [-0.25, -0.2) is 0 Å². The Hall–Kier alpha value is -2.80. The van der Waals surface area contributed by atoms with Gasteiger partial charge in [0.25, 0.3) is 0 Å². The van der Waals surface area contributed by atoms with Crippen LogP contribution in [0.5, 0.6) is 0 Å². The van der Waals surface area contributed by atoms with Crippen LogP contribution in [0.2, 0.25) is 0 Å². The van der Waals surface area contributed by atoms with Gasteiger partial charge < -0.3 is 24.8 Å². The van der Waals surface area contributed by atoms with E-state index in [4.69, 9.17) is 9.47 Å². The fourth-order valence-corrected chi connectivity index (χ4v) is 4.50. The quantitative estimate of drug-likeness (QED) is 0.108. The number of ether oxygens (including phenoxy) is 2. The molecular formula is C34H44O5. The Labute approximate surface area is 233 Å². The molecule has 3 N–H and O–H groups in total. The maximum Gasteiger partial charge on any atom is 0.179 e. The van der Waals surface area contributed by atoms with E-state index in [1.807, 2.05) is 0 Å². The minimum Gasteiger partial charge on any atom is -0.392 e. The highest BCUT2D eigenvalue weighted by Gasteiger charge is 2.17. The van der Waals surface area contributed by atoms with Gasteiger partial charge in [-0.15, -0.1) is 0 Å². The molecule has 0 amide bonds. The zero-order chi connectivity index (χ0) is 28.0. The van der Waals surface area contributed by atoms with Gasteiger partial charge in [0, 0.05) is 11.5 Å². The molecule has 5 heteroatoms. The Balaban J connectivity index is 1.65. The van der Waals surface area contributed by atoms with Crippen LogP contribution in [-0.4, -0.2) is 54.6 Å². The Morgan fingerprint density at radius 2 is 1.41 bits per heavy atom. The van der Waals surface area contributed by atoms with Gasteiger partial charge in [-0.05, 0) is 64.3 Å². The molecule has 3 rings (SSSR count). The molecule has 5 nitrogen and oxygen atoms in total. The lowest BCUT2D eigenvalue weighted by Gasteiger charge is -2.21. The maximum absolute atomic E-state index is 10.1. The molecule has 0 aromatic heterocycles. The smallest absolute Gasteiger partial charge is 0.179 e. The lowest BCUT2D eigenvalue weighted by atomic mass is 9.95. The summed E-state index contributed by atoms with van der Waals surface area (Å²) < 4.78 is 11.3. The lowest BCUT2D eigenvalue weighted by molar-refractivity contribution is -0.0857. The van der Waals surface area contributed by atoms with Crippen LogP contribution in [0.4, 0.5) is 0 Å². The zero-order valence-corrected chi connectivity index (χ0v) is 23.3. The molecule has 0 saturated carbocycles. The van der Waals surface area contributed by atoms with E-state index < -0.39 is 6.29 Å². The molecule has 2 unspecified atom stereocenters. The van der Waals surface area contributed by atoms with E-state index in [1.165, 1.54) is 41.3 Å². The van der Waals surface area contributed by atoms with Crippen molar-refractivity contribution in [2.45, 2.75) is 57.7 Å². The van der Waals surface area contributed by atoms with E-state index in [9.17, 15) is 15.3 Å². The molecule has 0 fully saturated rings. The fraction of sp³-hybridized carbons (Fsp3) is 0.412. The van der Waals surface area contributed by atoms with E-state index in [0.717, 1.165) is 30.2 Å². The summed E-state index contributed by atoms with van der Waals surface area (Å²) in [6.45, 7) is 9.92. The number of rotatable bonds is 18. The molecule has 3 aromatic carbocycles. The fourth-order valence-electron chi connectivity index (χ4n) is 4.50. The minimum atomic E-state index is -1.25. The zero-order valence-electron chi connectivity index (χ0n) is 23.3. The van der Waals surface area contributed by atoms with Gasteiger partial charge in [0.15, 0.2) is 6.29 Å². The molecule has 0 heterocycles. The second-order valence-corrected chi connectivity index (χ2v) is 10.3. The molecule has 210 valence electrons. The first-order chi connectivity index (χ1) is 18.9. The number of hydrogen-bond acceptors (Lipinski definition) is 5. The first-order valence-corrected chi connectivity index (χ1v) is 14.0. The highest BCUT2D eigenvalue weighted by Crippen LogP contribution is 2.25. The molecule has 0 spiro atoms. The van der Waals surface area contributed by atoms with Gasteiger partial charge in [0.05, 0.1) is 33.0 Å². The topological polar surface area (TPSA) is 79.2 Å². The van der Waals surface area contributed by atoms with Crippen molar-refractivity contribution in [2.75, 3.05) is 33.0 Å². The van der Waals surface area contributed by atoms with E-state index >= 15 is 0 Å². The Morgan fingerprint density at radius 3 is 2.10 bits per heavy atom. The number of benzene rings is 3. The van der Waals surface area contributed by atoms with Crippen LogP contribution in [0.3, 0.4) is 0 Å². The summed E-state index contributed by atoms with van der Waals surface area (Å²) in [5.41, 5.74) is 5.91. The number of aryl methyl sites for hydroxylation is 3. The predicted molar refractivity (Wildman–Crippen MR) is 159 cm³/mol. The average Bonchev–Trinajstić information content (AvgIpc) is 2.97. The molecule has 0 aliphatic carbocycles. The van der Waals surface area contributed by atoms with Crippen molar-refractivity contribution in [1.82, 2.24) is 0 Å².